The van der Waals surface area contributed by atoms with Crippen LogP contribution in [0, 0.1) is 5.92 Å². The molecule has 1 N–H and O–H groups in total. The monoisotopic (exact) mass is 469 g/mol. The van der Waals surface area contributed by atoms with Gasteiger partial charge in [-0.15, -0.1) is 11.3 Å². The minimum atomic E-state index is -0.404. The molecule has 1 aliphatic rings. The lowest BCUT2D eigenvalue weighted by atomic mass is 9.81. The SMILES string of the molecule is CCCN(CCC)CCCNC(=O)C1c2ccccc2C(=O)N(CC(C)C)C1c1cccs1. The summed E-state index contributed by atoms with van der Waals surface area (Å²) >= 11 is 1.62. The minimum absolute atomic E-state index is 0.0136. The van der Waals surface area contributed by atoms with Crippen molar-refractivity contribution in [2.45, 2.75) is 58.9 Å². The molecular weight excluding hydrogens is 430 g/mol. The van der Waals surface area contributed by atoms with Crippen LogP contribution in [0.1, 0.15) is 79.7 Å². The van der Waals surface area contributed by atoms with Crippen molar-refractivity contribution in [1.29, 1.82) is 0 Å². The van der Waals surface area contributed by atoms with Crippen molar-refractivity contribution < 1.29 is 9.59 Å². The number of amides is 2. The summed E-state index contributed by atoms with van der Waals surface area (Å²) in [6, 6.07) is 11.4. The second-order valence-electron chi connectivity index (χ2n) is 9.36. The van der Waals surface area contributed by atoms with Gasteiger partial charge < -0.3 is 15.1 Å². The summed E-state index contributed by atoms with van der Waals surface area (Å²) < 4.78 is 0. The second kappa shape index (κ2) is 12.3. The highest BCUT2D eigenvalue weighted by molar-refractivity contribution is 7.10. The normalized spacial score (nSPS) is 18.1. The maximum absolute atomic E-state index is 13.6. The van der Waals surface area contributed by atoms with Crippen molar-refractivity contribution in [2.24, 2.45) is 5.92 Å². The molecule has 3 rings (SSSR count). The van der Waals surface area contributed by atoms with Gasteiger partial charge in [0, 0.05) is 23.5 Å². The van der Waals surface area contributed by atoms with E-state index in [9.17, 15) is 9.59 Å². The van der Waals surface area contributed by atoms with Crippen LogP contribution in [0.2, 0.25) is 0 Å². The number of carbonyl (C=O) groups is 2. The largest absolute Gasteiger partial charge is 0.355 e. The highest BCUT2D eigenvalue weighted by atomic mass is 32.1. The zero-order chi connectivity index (χ0) is 23.8. The number of fused-ring (bicyclic) bond motifs is 1. The van der Waals surface area contributed by atoms with Crippen LogP contribution in [0.4, 0.5) is 0 Å². The summed E-state index contributed by atoms with van der Waals surface area (Å²) in [6.07, 6.45) is 3.22. The van der Waals surface area contributed by atoms with Gasteiger partial charge >= 0.3 is 0 Å². The van der Waals surface area contributed by atoms with E-state index in [1.54, 1.807) is 11.3 Å². The summed E-state index contributed by atoms with van der Waals surface area (Å²) in [6.45, 7) is 13.1. The molecule has 0 saturated carbocycles. The molecule has 1 aromatic carbocycles. The molecule has 2 heterocycles. The smallest absolute Gasteiger partial charge is 0.254 e. The third kappa shape index (κ3) is 6.24. The van der Waals surface area contributed by atoms with Crippen molar-refractivity contribution in [3.63, 3.8) is 0 Å². The zero-order valence-corrected chi connectivity index (χ0v) is 21.4. The highest BCUT2D eigenvalue weighted by Crippen LogP contribution is 2.44. The van der Waals surface area contributed by atoms with Crippen LogP contribution in [0.25, 0.3) is 0 Å². The van der Waals surface area contributed by atoms with Crippen molar-refractivity contribution in [1.82, 2.24) is 15.1 Å². The van der Waals surface area contributed by atoms with Gasteiger partial charge in [-0.1, -0.05) is 52.0 Å². The van der Waals surface area contributed by atoms with Crippen molar-refractivity contribution in [3.05, 3.63) is 57.8 Å². The van der Waals surface area contributed by atoms with E-state index in [-0.39, 0.29) is 17.9 Å². The average Bonchev–Trinajstić information content (AvgIpc) is 3.32. The second-order valence-corrected chi connectivity index (χ2v) is 10.3. The predicted molar refractivity (Wildman–Crippen MR) is 137 cm³/mol. The fourth-order valence-electron chi connectivity index (χ4n) is 4.84. The molecule has 2 unspecified atom stereocenters. The highest BCUT2D eigenvalue weighted by Gasteiger charge is 2.44. The number of thiophene rings is 1. The molecular formula is C27H39N3O2S. The fourth-order valence-corrected chi connectivity index (χ4v) is 5.71. The Labute approximate surface area is 203 Å². The maximum atomic E-state index is 13.6. The lowest BCUT2D eigenvalue weighted by molar-refractivity contribution is -0.124. The number of hydrogen-bond donors (Lipinski definition) is 1. The Morgan fingerprint density at radius 3 is 2.45 bits per heavy atom. The third-order valence-electron chi connectivity index (χ3n) is 6.15. The number of nitrogens with zero attached hydrogens (tertiary/aromatic N) is 2. The Morgan fingerprint density at radius 1 is 1.09 bits per heavy atom. The van der Waals surface area contributed by atoms with Crippen molar-refractivity contribution >= 4 is 23.2 Å². The Kier molecular flexibility index (Phi) is 9.51. The van der Waals surface area contributed by atoms with Gasteiger partial charge in [-0.05, 0) is 67.9 Å². The lowest BCUT2D eigenvalue weighted by Gasteiger charge is -2.42. The standard InChI is InChI=1S/C27H39N3O2S/c1-5-15-29(16-6-2)17-10-14-28-26(31)24-21-11-7-8-12-22(21)27(32)30(19-20(3)4)25(24)23-13-9-18-33-23/h7-9,11-13,18,20,24-25H,5-6,10,14-17,19H2,1-4H3,(H,28,31). The summed E-state index contributed by atoms with van der Waals surface area (Å²) in [5.41, 5.74) is 1.50. The Hall–Kier alpha value is -2.18. The van der Waals surface area contributed by atoms with Gasteiger partial charge in [0.2, 0.25) is 5.91 Å². The van der Waals surface area contributed by atoms with Crippen LogP contribution in [-0.4, -0.2) is 54.3 Å². The number of hydrogen-bond acceptors (Lipinski definition) is 4. The minimum Gasteiger partial charge on any atom is -0.355 e. The van der Waals surface area contributed by atoms with E-state index >= 15 is 0 Å². The quantitative estimate of drug-likeness (QED) is 0.429. The first kappa shape index (κ1) is 25.4. The molecule has 180 valence electrons. The van der Waals surface area contributed by atoms with Crippen LogP contribution in [0.5, 0.6) is 0 Å². The molecule has 2 atom stereocenters. The number of rotatable bonds is 12. The first-order valence-corrected chi connectivity index (χ1v) is 13.3. The van der Waals surface area contributed by atoms with Gasteiger partial charge in [0.25, 0.3) is 5.91 Å². The van der Waals surface area contributed by atoms with Crippen LogP contribution < -0.4 is 5.32 Å². The molecule has 0 aliphatic carbocycles. The van der Waals surface area contributed by atoms with Crippen molar-refractivity contribution in [3.8, 4) is 0 Å². The van der Waals surface area contributed by atoms with Gasteiger partial charge in [0.15, 0.2) is 0 Å². The molecule has 0 spiro atoms. The number of benzene rings is 1. The molecule has 2 aromatic rings. The van der Waals surface area contributed by atoms with E-state index in [0.29, 0.717) is 24.6 Å². The van der Waals surface area contributed by atoms with E-state index < -0.39 is 5.92 Å². The average molecular weight is 470 g/mol. The van der Waals surface area contributed by atoms with Gasteiger partial charge in [-0.25, -0.2) is 0 Å². The van der Waals surface area contributed by atoms with Crippen LogP contribution in [-0.2, 0) is 4.79 Å². The molecule has 0 bridgehead atoms. The molecule has 2 amide bonds. The van der Waals surface area contributed by atoms with Crippen LogP contribution >= 0.6 is 11.3 Å². The molecule has 5 nitrogen and oxygen atoms in total. The first-order valence-electron chi connectivity index (χ1n) is 12.4. The van der Waals surface area contributed by atoms with E-state index in [2.05, 4.69) is 44.0 Å². The van der Waals surface area contributed by atoms with Gasteiger partial charge in [0.05, 0.1) is 12.0 Å². The molecule has 33 heavy (non-hydrogen) atoms. The summed E-state index contributed by atoms with van der Waals surface area (Å²) in [7, 11) is 0. The molecule has 1 aliphatic heterocycles. The summed E-state index contributed by atoms with van der Waals surface area (Å²) in [4.78, 5) is 32.6. The summed E-state index contributed by atoms with van der Waals surface area (Å²) in [5.74, 6) is -0.0525. The molecule has 0 fully saturated rings. The van der Waals surface area contributed by atoms with E-state index in [4.69, 9.17) is 0 Å². The van der Waals surface area contributed by atoms with Crippen molar-refractivity contribution in [2.75, 3.05) is 32.7 Å². The fraction of sp³-hybridized carbons (Fsp3) is 0.556. The van der Waals surface area contributed by atoms with Crippen LogP contribution in [0.3, 0.4) is 0 Å². The lowest BCUT2D eigenvalue weighted by Crippen LogP contribution is -2.48. The molecule has 6 heteroatoms. The Bertz CT molecular complexity index is 891. The van der Waals surface area contributed by atoms with E-state index in [1.807, 2.05) is 40.6 Å². The molecule has 0 saturated heterocycles. The van der Waals surface area contributed by atoms with E-state index in [0.717, 1.165) is 49.3 Å². The number of carbonyl (C=O) groups excluding carboxylic acids is 2. The zero-order valence-electron chi connectivity index (χ0n) is 20.5. The summed E-state index contributed by atoms with van der Waals surface area (Å²) in [5, 5.41) is 5.24. The first-order chi connectivity index (χ1) is 16.0. The van der Waals surface area contributed by atoms with E-state index in [1.165, 1.54) is 0 Å². The molecule has 0 radical (unpaired) electrons. The molecule has 1 aromatic heterocycles. The predicted octanol–water partition coefficient (Wildman–Crippen LogP) is 5.31. The third-order valence-corrected chi connectivity index (χ3v) is 7.09. The Balaban J connectivity index is 1.83. The topological polar surface area (TPSA) is 52.7 Å². The Morgan fingerprint density at radius 2 is 1.82 bits per heavy atom. The van der Waals surface area contributed by atoms with Gasteiger partial charge in [-0.2, -0.15) is 0 Å². The van der Waals surface area contributed by atoms with Gasteiger partial charge in [-0.3, -0.25) is 9.59 Å². The number of nitrogens with one attached hydrogen (secondary N) is 1. The van der Waals surface area contributed by atoms with Crippen LogP contribution in [0.15, 0.2) is 41.8 Å². The van der Waals surface area contributed by atoms with Gasteiger partial charge in [0.1, 0.15) is 0 Å². The maximum Gasteiger partial charge on any atom is 0.254 e.